The van der Waals surface area contributed by atoms with E-state index >= 15 is 0 Å². The summed E-state index contributed by atoms with van der Waals surface area (Å²) in [7, 11) is 3.97. The molecule has 0 atom stereocenters. The lowest BCUT2D eigenvalue weighted by Crippen LogP contribution is -2.20. The molecule has 2 aromatic rings. The topological polar surface area (TPSA) is 53.9 Å². The molecule has 6 heteroatoms. The Labute approximate surface area is 124 Å². The first-order valence-corrected chi connectivity index (χ1v) is 7.67. The van der Waals surface area contributed by atoms with Crippen molar-refractivity contribution in [3.8, 4) is 0 Å². The SMILES string of the molecule is CCCc1c(NC)ncnc1N(C)Cc1scnc1C. The Kier molecular flexibility index (Phi) is 4.89. The summed E-state index contributed by atoms with van der Waals surface area (Å²) < 4.78 is 0. The Hall–Kier alpha value is -1.69. The molecule has 1 N–H and O–H groups in total. The highest BCUT2D eigenvalue weighted by Crippen LogP contribution is 2.26. The minimum absolute atomic E-state index is 0.827. The summed E-state index contributed by atoms with van der Waals surface area (Å²) in [4.78, 5) is 16.5. The minimum atomic E-state index is 0.827. The summed E-state index contributed by atoms with van der Waals surface area (Å²) in [6.07, 6.45) is 3.66. The van der Waals surface area contributed by atoms with Gasteiger partial charge >= 0.3 is 0 Å². The molecule has 2 heterocycles. The van der Waals surface area contributed by atoms with Crippen LogP contribution in [-0.4, -0.2) is 29.0 Å². The normalized spacial score (nSPS) is 10.6. The molecule has 2 rings (SSSR count). The van der Waals surface area contributed by atoms with Crippen molar-refractivity contribution in [2.24, 2.45) is 0 Å². The number of thiazole rings is 1. The maximum Gasteiger partial charge on any atom is 0.137 e. The average Bonchev–Trinajstić information content (AvgIpc) is 2.84. The van der Waals surface area contributed by atoms with E-state index in [1.54, 1.807) is 17.7 Å². The number of nitrogens with zero attached hydrogens (tertiary/aromatic N) is 4. The van der Waals surface area contributed by atoms with E-state index in [9.17, 15) is 0 Å². The molecule has 0 unspecified atom stereocenters. The molecule has 0 bridgehead atoms. The van der Waals surface area contributed by atoms with Gasteiger partial charge in [-0.15, -0.1) is 11.3 Å². The lowest BCUT2D eigenvalue weighted by Gasteiger charge is -2.22. The van der Waals surface area contributed by atoms with Crippen LogP contribution in [0.25, 0.3) is 0 Å². The number of rotatable bonds is 6. The molecule has 20 heavy (non-hydrogen) atoms. The summed E-state index contributed by atoms with van der Waals surface area (Å²) >= 11 is 1.69. The molecule has 0 aliphatic carbocycles. The van der Waals surface area contributed by atoms with Crippen LogP contribution in [0.2, 0.25) is 0 Å². The number of hydrogen-bond donors (Lipinski definition) is 1. The summed E-state index contributed by atoms with van der Waals surface area (Å²) in [5, 5.41) is 3.16. The van der Waals surface area contributed by atoms with Crippen molar-refractivity contribution in [1.82, 2.24) is 15.0 Å². The van der Waals surface area contributed by atoms with Crippen molar-refractivity contribution in [2.75, 3.05) is 24.3 Å². The molecular formula is C14H21N5S. The molecule has 0 aliphatic heterocycles. The molecule has 0 saturated carbocycles. The third-order valence-electron chi connectivity index (χ3n) is 3.25. The fourth-order valence-electron chi connectivity index (χ4n) is 2.20. The van der Waals surface area contributed by atoms with E-state index in [4.69, 9.17) is 0 Å². The van der Waals surface area contributed by atoms with Gasteiger partial charge in [0, 0.05) is 24.5 Å². The first-order chi connectivity index (χ1) is 9.67. The van der Waals surface area contributed by atoms with E-state index in [2.05, 4.69) is 39.1 Å². The van der Waals surface area contributed by atoms with Gasteiger partial charge in [0.1, 0.15) is 18.0 Å². The Balaban J connectivity index is 2.29. The molecule has 108 valence electrons. The summed E-state index contributed by atoms with van der Waals surface area (Å²) in [6, 6.07) is 0. The van der Waals surface area contributed by atoms with E-state index < -0.39 is 0 Å². The van der Waals surface area contributed by atoms with Gasteiger partial charge in [-0.25, -0.2) is 15.0 Å². The Morgan fingerprint density at radius 1 is 1.30 bits per heavy atom. The zero-order valence-corrected chi connectivity index (χ0v) is 13.3. The number of hydrogen-bond acceptors (Lipinski definition) is 6. The maximum absolute atomic E-state index is 4.48. The van der Waals surface area contributed by atoms with Gasteiger partial charge < -0.3 is 10.2 Å². The second-order valence-electron chi connectivity index (χ2n) is 4.74. The van der Waals surface area contributed by atoms with Crippen molar-refractivity contribution in [3.63, 3.8) is 0 Å². The van der Waals surface area contributed by atoms with Crippen molar-refractivity contribution in [2.45, 2.75) is 33.2 Å². The Morgan fingerprint density at radius 3 is 2.70 bits per heavy atom. The molecule has 2 aromatic heterocycles. The van der Waals surface area contributed by atoms with Crippen LogP contribution in [0, 0.1) is 6.92 Å². The average molecular weight is 291 g/mol. The highest BCUT2D eigenvalue weighted by molar-refractivity contribution is 7.09. The number of aryl methyl sites for hydroxylation is 1. The molecule has 0 radical (unpaired) electrons. The third-order valence-corrected chi connectivity index (χ3v) is 4.17. The van der Waals surface area contributed by atoms with Crippen LogP contribution in [-0.2, 0) is 13.0 Å². The fraction of sp³-hybridized carbons (Fsp3) is 0.500. The molecule has 0 saturated heterocycles. The zero-order valence-electron chi connectivity index (χ0n) is 12.5. The van der Waals surface area contributed by atoms with E-state index in [-0.39, 0.29) is 0 Å². The molecule has 5 nitrogen and oxygen atoms in total. The molecule has 0 amide bonds. The molecular weight excluding hydrogens is 270 g/mol. The second kappa shape index (κ2) is 6.65. The maximum atomic E-state index is 4.48. The summed E-state index contributed by atoms with van der Waals surface area (Å²) in [5.74, 6) is 1.92. The largest absolute Gasteiger partial charge is 0.373 e. The second-order valence-corrected chi connectivity index (χ2v) is 5.68. The first kappa shape index (κ1) is 14.7. The smallest absolute Gasteiger partial charge is 0.137 e. The number of anilines is 2. The van der Waals surface area contributed by atoms with Crippen LogP contribution in [0.5, 0.6) is 0 Å². The Bertz CT molecular complexity index is 566. The molecule has 0 fully saturated rings. The predicted molar refractivity (Wildman–Crippen MR) is 84.5 cm³/mol. The van der Waals surface area contributed by atoms with Crippen molar-refractivity contribution >= 4 is 23.0 Å². The highest BCUT2D eigenvalue weighted by Gasteiger charge is 2.15. The summed E-state index contributed by atoms with van der Waals surface area (Å²) in [6.45, 7) is 5.04. The van der Waals surface area contributed by atoms with E-state index in [0.29, 0.717) is 0 Å². The van der Waals surface area contributed by atoms with Gasteiger partial charge in [-0.3, -0.25) is 0 Å². The lowest BCUT2D eigenvalue weighted by molar-refractivity contribution is 0.846. The first-order valence-electron chi connectivity index (χ1n) is 6.79. The van der Waals surface area contributed by atoms with Crippen LogP contribution < -0.4 is 10.2 Å². The van der Waals surface area contributed by atoms with Crippen molar-refractivity contribution < 1.29 is 0 Å². The van der Waals surface area contributed by atoms with Gasteiger partial charge in [-0.05, 0) is 13.3 Å². The molecule has 0 aromatic carbocycles. The monoisotopic (exact) mass is 291 g/mol. The van der Waals surface area contributed by atoms with Gasteiger partial charge in [0.25, 0.3) is 0 Å². The number of aromatic nitrogens is 3. The van der Waals surface area contributed by atoms with Gasteiger partial charge in [-0.1, -0.05) is 13.3 Å². The van der Waals surface area contributed by atoms with Gasteiger partial charge in [0.05, 0.1) is 17.7 Å². The molecule has 0 spiro atoms. The van der Waals surface area contributed by atoms with Crippen molar-refractivity contribution in [1.29, 1.82) is 0 Å². The van der Waals surface area contributed by atoms with Gasteiger partial charge in [0.15, 0.2) is 0 Å². The van der Waals surface area contributed by atoms with Crippen LogP contribution in [0.1, 0.15) is 29.5 Å². The predicted octanol–water partition coefficient (Wildman–Crippen LogP) is 2.87. The third kappa shape index (κ3) is 3.07. The van der Waals surface area contributed by atoms with E-state index in [0.717, 1.165) is 36.7 Å². The van der Waals surface area contributed by atoms with E-state index in [1.165, 1.54) is 10.4 Å². The standard InChI is InChI=1S/C14H21N5S/c1-5-6-11-13(15-3)16-8-17-14(11)19(4)7-12-10(2)18-9-20-12/h8-9H,5-7H2,1-4H3,(H,15,16,17). The molecule has 0 aliphatic rings. The zero-order chi connectivity index (χ0) is 14.5. The van der Waals surface area contributed by atoms with Crippen LogP contribution in [0.15, 0.2) is 11.8 Å². The quantitative estimate of drug-likeness (QED) is 0.887. The minimum Gasteiger partial charge on any atom is -0.373 e. The summed E-state index contributed by atoms with van der Waals surface area (Å²) in [5.41, 5.74) is 4.17. The lowest BCUT2D eigenvalue weighted by atomic mass is 10.1. The number of nitrogens with one attached hydrogen (secondary N) is 1. The Morgan fingerprint density at radius 2 is 2.10 bits per heavy atom. The van der Waals surface area contributed by atoms with Crippen LogP contribution in [0.4, 0.5) is 11.6 Å². The van der Waals surface area contributed by atoms with Crippen molar-refractivity contribution in [3.05, 3.63) is 28.0 Å². The highest BCUT2D eigenvalue weighted by atomic mass is 32.1. The van der Waals surface area contributed by atoms with Gasteiger partial charge in [0.2, 0.25) is 0 Å². The van der Waals surface area contributed by atoms with Crippen LogP contribution >= 0.6 is 11.3 Å². The van der Waals surface area contributed by atoms with E-state index in [1.807, 2.05) is 19.5 Å². The van der Waals surface area contributed by atoms with Gasteiger partial charge in [-0.2, -0.15) is 0 Å². The van der Waals surface area contributed by atoms with Crippen LogP contribution in [0.3, 0.4) is 0 Å². The fourth-order valence-corrected chi connectivity index (χ4v) is 3.03.